The lowest BCUT2D eigenvalue weighted by Crippen LogP contribution is -2.31. The minimum Gasteiger partial charge on any atom is -0.490 e. The highest BCUT2D eigenvalue weighted by atomic mass is 19.4. The van der Waals surface area contributed by atoms with Gasteiger partial charge in [0.05, 0.1) is 18.8 Å². The van der Waals surface area contributed by atoms with E-state index in [0.29, 0.717) is 36.5 Å². The van der Waals surface area contributed by atoms with Gasteiger partial charge < -0.3 is 20.1 Å². The highest BCUT2D eigenvalue weighted by Gasteiger charge is 2.33. The van der Waals surface area contributed by atoms with Gasteiger partial charge in [0, 0.05) is 31.8 Å². The summed E-state index contributed by atoms with van der Waals surface area (Å²) in [5.41, 5.74) is -0.478. The number of nitrogens with one attached hydrogen (secondary N) is 2. The fourth-order valence-electron chi connectivity index (χ4n) is 2.70. The van der Waals surface area contributed by atoms with Gasteiger partial charge in [-0.25, -0.2) is 4.39 Å². The molecule has 9 heteroatoms. The Morgan fingerprint density at radius 3 is 2.54 bits per heavy atom. The standard InChI is InChI=1S/C19H19F4N3O2/c1-24-18(25-11-12-3-4-13(20)9-15(12)19(21,22)23)26-14-5-6-16-17(10-14)28-8-2-7-27-16/h3-6,9-10H,2,7-8,11H2,1H3,(H2,24,25,26). The smallest absolute Gasteiger partial charge is 0.416 e. The SMILES string of the molecule is CN=C(NCc1ccc(F)cc1C(F)(F)F)Nc1ccc2c(c1)OCCCO2. The molecule has 3 rings (SSSR count). The molecular formula is C19H19F4N3O2. The Labute approximate surface area is 159 Å². The molecule has 0 radical (unpaired) electrons. The molecule has 0 amide bonds. The minimum absolute atomic E-state index is 0.0875. The molecule has 150 valence electrons. The average molecular weight is 397 g/mol. The third kappa shape index (κ3) is 4.85. The van der Waals surface area contributed by atoms with E-state index in [4.69, 9.17) is 9.47 Å². The molecule has 0 aliphatic carbocycles. The van der Waals surface area contributed by atoms with Crippen LogP contribution in [-0.4, -0.2) is 26.2 Å². The number of anilines is 1. The van der Waals surface area contributed by atoms with Gasteiger partial charge in [0.2, 0.25) is 0 Å². The van der Waals surface area contributed by atoms with Gasteiger partial charge in [0.15, 0.2) is 17.5 Å². The molecule has 2 aromatic carbocycles. The normalized spacial score (nSPS) is 14.4. The summed E-state index contributed by atoms with van der Waals surface area (Å²) >= 11 is 0. The number of alkyl halides is 3. The molecule has 1 aliphatic heterocycles. The number of fused-ring (bicyclic) bond motifs is 1. The maximum Gasteiger partial charge on any atom is 0.416 e. The Balaban J connectivity index is 1.70. The maximum atomic E-state index is 13.2. The van der Waals surface area contributed by atoms with Crippen LogP contribution in [0.2, 0.25) is 0 Å². The van der Waals surface area contributed by atoms with Crippen molar-refractivity contribution in [3.05, 3.63) is 53.3 Å². The monoisotopic (exact) mass is 397 g/mol. The van der Waals surface area contributed by atoms with E-state index in [1.807, 2.05) is 0 Å². The number of guanidine groups is 1. The minimum atomic E-state index is -4.65. The zero-order chi connectivity index (χ0) is 20.1. The van der Waals surface area contributed by atoms with Gasteiger partial charge in [-0.3, -0.25) is 4.99 Å². The molecule has 0 spiro atoms. The van der Waals surface area contributed by atoms with E-state index in [-0.39, 0.29) is 18.1 Å². The Bertz CT molecular complexity index is 869. The van der Waals surface area contributed by atoms with Crippen molar-refractivity contribution in [1.29, 1.82) is 0 Å². The van der Waals surface area contributed by atoms with Crippen LogP contribution in [-0.2, 0) is 12.7 Å². The fraction of sp³-hybridized carbons (Fsp3) is 0.316. The summed E-state index contributed by atoms with van der Waals surface area (Å²) in [4.78, 5) is 4.01. The average Bonchev–Trinajstić information content (AvgIpc) is 2.90. The molecule has 1 aliphatic rings. The quantitative estimate of drug-likeness (QED) is 0.463. The highest BCUT2D eigenvalue weighted by molar-refractivity contribution is 5.93. The lowest BCUT2D eigenvalue weighted by molar-refractivity contribution is -0.138. The Kier molecular flexibility index (Phi) is 5.91. The van der Waals surface area contributed by atoms with Crippen molar-refractivity contribution in [1.82, 2.24) is 5.32 Å². The van der Waals surface area contributed by atoms with Gasteiger partial charge in [-0.05, 0) is 29.8 Å². The Morgan fingerprint density at radius 2 is 1.82 bits per heavy atom. The summed E-state index contributed by atoms with van der Waals surface area (Å²) < 4.78 is 63.7. The highest BCUT2D eigenvalue weighted by Crippen LogP contribution is 2.33. The van der Waals surface area contributed by atoms with Crippen molar-refractivity contribution in [2.45, 2.75) is 19.1 Å². The number of ether oxygens (including phenoxy) is 2. The molecular weight excluding hydrogens is 378 g/mol. The second-order valence-corrected chi connectivity index (χ2v) is 6.06. The molecule has 0 atom stereocenters. The molecule has 1 heterocycles. The van der Waals surface area contributed by atoms with Crippen LogP contribution in [0.5, 0.6) is 11.5 Å². The maximum absolute atomic E-state index is 13.2. The largest absolute Gasteiger partial charge is 0.490 e. The van der Waals surface area contributed by atoms with Crippen molar-refractivity contribution < 1.29 is 27.0 Å². The predicted octanol–water partition coefficient (Wildman–Crippen LogP) is 4.19. The number of aliphatic imine (C=N–C) groups is 1. The molecule has 2 aromatic rings. The summed E-state index contributed by atoms with van der Waals surface area (Å²) in [5, 5.41) is 5.79. The summed E-state index contributed by atoms with van der Waals surface area (Å²) in [5.74, 6) is 0.528. The molecule has 0 bridgehead atoms. The number of benzene rings is 2. The first kappa shape index (κ1) is 19.8. The van der Waals surface area contributed by atoms with E-state index in [0.717, 1.165) is 18.6 Å². The first-order chi connectivity index (χ1) is 13.4. The zero-order valence-corrected chi connectivity index (χ0v) is 15.1. The van der Waals surface area contributed by atoms with E-state index in [1.165, 1.54) is 7.05 Å². The van der Waals surface area contributed by atoms with E-state index < -0.39 is 17.6 Å². The van der Waals surface area contributed by atoms with Crippen LogP contribution < -0.4 is 20.1 Å². The van der Waals surface area contributed by atoms with Crippen LogP contribution >= 0.6 is 0 Å². The third-order valence-electron chi connectivity index (χ3n) is 4.06. The van der Waals surface area contributed by atoms with Crippen molar-refractivity contribution in [2.24, 2.45) is 4.99 Å². The van der Waals surface area contributed by atoms with Gasteiger partial charge in [0.1, 0.15) is 5.82 Å². The van der Waals surface area contributed by atoms with Gasteiger partial charge in [-0.2, -0.15) is 13.2 Å². The molecule has 0 unspecified atom stereocenters. The third-order valence-corrected chi connectivity index (χ3v) is 4.06. The zero-order valence-electron chi connectivity index (χ0n) is 15.1. The van der Waals surface area contributed by atoms with E-state index in [1.54, 1.807) is 18.2 Å². The van der Waals surface area contributed by atoms with Crippen LogP contribution in [0.15, 0.2) is 41.4 Å². The number of hydrogen-bond donors (Lipinski definition) is 2. The van der Waals surface area contributed by atoms with Crippen LogP contribution in [0.1, 0.15) is 17.5 Å². The van der Waals surface area contributed by atoms with Crippen LogP contribution in [0.3, 0.4) is 0 Å². The fourth-order valence-corrected chi connectivity index (χ4v) is 2.70. The van der Waals surface area contributed by atoms with Crippen LogP contribution in [0, 0.1) is 5.82 Å². The molecule has 0 saturated heterocycles. The van der Waals surface area contributed by atoms with E-state index in [2.05, 4.69) is 15.6 Å². The van der Waals surface area contributed by atoms with Crippen LogP contribution in [0.25, 0.3) is 0 Å². The van der Waals surface area contributed by atoms with Crippen LogP contribution in [0.4, 0.5) is 23.2 Å². The molecule has 2 N–H and O–H groups in total. The molecule has 5 nitrogen and oxygen atoms in total. The number of hydrogen-bond acceptors (Lipinski definition) is 3. The molecule has 0 fully saturated rings. The van der Waals surface area contributed by atoms with Gasteiger partial charge in [-0.15, -0.1) is 0 Å². The second kappa shape index (κ2) is 8.37. The summed E-state index contributed by atoms with van der Waals surface area (Å²) in [6, 6.07) is 7.80. The lowest BCUT2D eigenvalue weighted by Gasteiger charge is -2.16. The Morgan fingerprint density at radius 1 is 1.07 bits per heavy atom. The molecule has 0 saturated carbocycles. The Hall–Kier alpha value is -2.97. The summed E-state index contributed by atoms with van der Waals surface area (Å²) in [6.07, 6.45) is -3.87. The second-order valence-electron chi connectivity index (χ2n) is 6.06. The molecule has 28 heavy (non-hydrogen) atoms. The summed E-state index contributed by atoms with van der Waals surface area (Å²) in [6.45, 7) is 0.926. The number of nitrogens with zero attached hydrogens (tertiary/aromatic N) is 1. The van der Waals surface area contributed by atoms with Crippen molar-refractivity contribution in [3.63, 3.8) is 0 Å². The van der Waals surface area contributed by atoms with Crippen molar-refractivity contribution in [2.75, 3.05) is 25.6 Å². The van der Waals surface area contributed by atoms with E-state index >= 15 is 0 Å². The number of halogens is 4. The van der Waals surface area contributed by atoms with Gasteiger partial charge in [-0.1, -0.05) is 6.07 Å². The van der Waals surface area contributed by atoms with Gasteiger partial charge in [0.25, 0.3) is 0 Å². The van der Waals surface area contributed by atoms with Crippen molar-refractivity contribution >= 4 is 11.6 Å². The predicted molar refractivity (Wildman–Crippen MR) is 97.3 cm³/mol. The summed E-state index contributed by atoms with van der Waals surface area (Å²) in [7, 11) is 1.49. The number of rotatable bonds is 3. The van der Waals surface area contributed by atoms with Gasteiger partial charge >= 0.3 is 6.18 Å². The van der Waals surface area contributed by atoms with E-state index in [9.17, 15) is 17.6 Å². The topological polar surface area (TPSA) is 54.9 Å². The molecule has 0 aromatic heterocycles. The van der Waals surface area contributed by atoms with Crippen molar-refractivity contribution in [3.8, 4) is 11.5 Å². The first-order valence-corrected chi connectivity index (χ1v) is 8.60. The first-order valence-electron chi connectivity index (χ1n) is 8.60. The lowest BCUT2D eigenvalue weighted by atomic mass is 10.1.